The van der Waals surface area contributed by atoms with E-state index in [1.807, 2.05) is 37.4 Å². The van der Waals surface area contributed by atoms with Crippen LogP contribution in [0.4, 0.5) is 5.82 Å². The maximum atomic E-state index is 9.15. The predicted octanol–water partition coefficient (Wildman–Crippen LogP) is 2.13. The van der Waals surface area contributed by atoms with Gasteiger partial charge in [-0.25, -0.2) is 4.98 Å². The largest absolute Gasteiger partial charge is 0.367 e. The fourth-order valence-electron chi connectivity index (χ4n) is 1.69. The molecule has 0 aliphatic carbocycles. The summed E-state index contributed by atoms with van der Waals surface area (Å²) in [6.07, 6.45) is 0. The molecule has 92 valence electrons. The van der Waals surface area contributed by atoms with Crippen LogP contribution in [0.25, 0.3) is 10.9 Å². The van der Waals surface area contributed by atoms with Gasteiger partial charge in [0.25, 0.3) is 0 Å². The van der Waals surface area contributed by atoms with Crippen molar-refractivity contribution < 1.29 is 0 Å². The Morgan fingerprint density at radius 2 is 2.17 bits per heavy atom. The molecule has 1 heterocycles. The van der Waals surface area contributed by atoms with Crippen molar-refractivity contribution in [3.8, 4) is 6.07 Å². The van der Waals surface area contributed by atoms with E-state index in [0.717, 1.165) is 17.4 Å². The minimum atomic E-state index is 0.324. The smallest absolute Gasteiger partial charge is 0.144 e. The van der Waals surface area contributed by atoms with E-state index in [-0.39, 0.29) is 0 Å². The minimum absolute atomic E-state index is 0.324. The maximum absolute atomic E-state index is 9.15. The Kier molecular flexibility index (Phi) is 3.75. The number of para-hydroxylation sites is 1. The summed E-state index contributed by atoms with van der Waals surface area (Å²) in [4.78, 5) is 4.49. The van der Waals surface area contributed by atoms with Gasteiger partial charge >= 0.3 is 0 Å². The first-order chi connectivity index (χ1) is 8.74. The molecule has 0 bridgehead atoms. The molecule has 4 nitrogen and oxygen atoms in total. The molecule has 1 unspecified atom stereocenters. The van der Waals surface area contributed by atoms with Crippen molar-refractivity contribution >= 4 is 16.7 Å². The fraction of sp³-hybridized carbons (Fsp3) is 0.286. The third-order valence-corrected chi connectivity index (χ3v) is 2.91. The molecule has 1 aromatic carbocycles. The number of aromatic nitrogens is 1. The fourth-order valence-corrected chi connectivity index (χ4v) is 1.69. The zero-order valence-corrected chi connectivity index (χ0v) is 10.6. The van der Waals surface area contributed by atoms with Crippen LogP contribution in [0.5, 0.6) is 0 Å². The molecular formula is C14H16N4. The van der Waals surface area contributed by atoms with Crippen LogP contribution in [0, 0.1) is 11.3 Å². The van der Waals surface area contributed by atoms with E-state index in [4.69, 9.17) is 5.26 Å². The number of hydrogen-bond donors (Lipinski definition) is 2. The number of fused-ring (bicyclic) bond motifs is 1. The topological polar surface area (TPSA) is 60.7 Å². The highest BCUT2D eigenvalue weighted by molar-refractivity contribution is 5.82. The molecule has 0 aliphatic rings. The summed E-state index contributed by atoms with van der Waals surface area (Å²) in [6, 6.07) is 12.2. The number of nitriles is 1. The molecule has 0 aliphatic heterocycles. The average molecular weight is 240 g/mol. The number of anilines is 1. The number of nitrogens with one attached hydrogen (secondary N) is 2. The molecule has 2 N–H and O–H groups in total. The van der Waals surface area contributed by atoms with Gasteiger partial charge in [-0.3, -0.25) is 0 Å². The highest BCUT2D eigenvalue weighted by atomic mass is 15.0. The van der Waals surface area contributed by atoms with Crippen molar-refractivity contribution in [3.63, 3.8) is 0 Å². The Bertz CT molecular complexity index is 586. The highest BCUT2D eigenvalue weighted by Crippen LogP contribution is 2.19. The van der Waals surface area contributed by atoms with Gasteiger partial charge in [0, 0.05) is 18.0 Å². The SMILES string of the molecule is CNC(C)CNc1nc2ccccc2cc1C#N. The Labute approximate surface area is 107 Å². The molecule has 0 radical (unpaired) electrons. The molecule has 2 aromatic rings. The summed E-state index contributed by atoms with van der Waals surface area (Å²) in [7, 11) is 1.91. The second-order valence-electron chi connectivity index (χ2n) is 4.26. The molecule has 18 heavy (non-hydrogen) atoms. The van der Waals surface area contributed by atoms with Gasteiger partial charge in [-0.15, -0.1) is 0 Å². The minimum Gasteiger partial charge on any atom is -0.367 e. The van der Waals surface area contributed by atoms with Crippen LogP contribution in [0.2, 0.25) is 0 Å². The number of benzene rings is 1. The number of nitrogens with zero attached hydrogens (tertiary/aromatic N) is 2. The molecule has 1 aromatic heterocycles. The molecule has 1 atom stereocenters. The summed E-state index contributed by atoms with van der Waals surface area (Å²) in [6.45, 7) is 2.80. The lowest BCUT2D eigenvalue weighted by atomic mass is 10.1. The van der Waals surface area contributed by atoms with Crippen LogP contribution >= 0.6 is 0 Å². The van der Waals surface area contributed by atoms with Crippen LogP contribution in [0.1, 0.15) is 12.5 Å². The van der Waals surface area contributed by atoms with E-state index in [0.29, 0.717) is 17.4 Å². The number of pyridine rings is 1. The van der Waals surface area contributed by atoms with Gasteiger partial charge < -0.3 is 10.6 Å². The molecule has 2 rings (SSSR count). The first kappa shape index (κ1) is 12.3. The van der Waals surface area contributed by atoms with E-state index >= 15 is 0 Å². The zero-order chi connectivity index (χ0) is 13.0. The quantitative estimate of drug-likeness (QED) is 0.859. The maximum Gasteiger partial charge on any atom is 0.144 e. The van der Waals surface area contributed by atoms with E-state index in [2.05, 4.69) is 28.6 Å². The van der Waals surface area contributed by atoms with Crippen LogP contribution in [0.15, 0.2) is 30.3 Å². The number of rotatable bonds is 4. The Morgan fingerprint density at radius 3 is 2.89 bits per heavy atom. The average Bonchev–Trinajstić information content (AvgIpc) is 2.43. The summed E-state index contributed by atoms with van der Waals surface area (Å²) in [5, 5.41) is 16.5. The lowest BCUT2D eigenvalue weighted by Gasteiger charge is -2.13. The Hall–Kier alpha value is -2.12. The molecule has 0 saturated heterocycles. The third-order valence-electron chi connectivity index (χ3n) is 2.91. The van der Waals surface area contributed by atoms with Crippen LogP contribution in [-0.4, -0.2) is 24.6 Å². The van der Waals surface area contributed by atoms with E-state index in [1.54, 1.807) is 0 Å². The molecule has 0 fully saturated rings. The van der Waals surface area contributed by atoms with Crippen molar-refractivity contribution in [1.29, 1.82) is 5.26 Å². The van der Waals surface area contributed by atoms with E-state index < -0.39 is 0 Å². The molecular weight excluding hydrogens is 224 g/mol. The number of hydrogen-bond acceptors (Lipinski definition) is 4. The Balaban J connectivity index is 2.34. The van der Waals surface area contributed by atoms with E-state index in [9.17, 15) is 0 Å². The highest BCUT2D eigenvalue weighted by Gasteiger charge is 2.07. The van der Waals surface area contributed by atoms with Crippen molar-refractivity contribution in [2.24, 2.45) is 0 Å². The summed E-state index contributed by atoms with van der Waals surface area (Å²) >= 11 is 0. The Morgan fingerprint density at radius 1 is 1.39 bits per heavy atom. The van der Waals surface area contributed by atoms with Crippen LogP contribution < -0.4 is 10.6 Å². The molecule has 0 spiro atoms. The predicted molar refractivity (Wildman–Crippen MR) is 73.5 cm³/mol. The van der Waals surface area contributed by atoms with Crippen molar-refractivity contribution in [2.75, 3.05) is 18.9 Å². The van der Waals surface area contributed by atoms with Gasteiger partial charge in [0.05, 0.1) is 11.1 Å². The van der Waals surface area contributed by atoms with Gasteiger partial charge in [-0.1, -0.05) is 18.2 Å². The molecule has 0 saturated carbocycles. The van der Waals surface area contributed by atoms with Crippen molar-refractivity contribution in [3.05, 3.63) is 35.9 Å². The second-order valence-corrected chi connectivity index (χ2v) is 4.26. The van der Waals surface area contributed by atoms with Gasteiger partial charge in [0.2, 0.25) is 0 Å². The van der Waals surface area contributed by atoms with Gasteiger partial charge in [-0.05, 0) is 26.1 Å². The third kappa shape index (κ3) is 2.58. The van der Waals surface area contributed by atoms with Crippen molar-refractivity contribution in [2.45, 2.75) is 13.0 Å². The molecule has 4 heteroatoms. The lowest BCUT2D eigenvalue weighted by molar-refractivity contribution is 0.637. The summed E-state index contributed by atoms with van der Waals surface area (Å²) < 4.78 is 0. The lowest BCUT2D eigenvalue weighted by Crippen LogP contribution is -2.29. The second kappa shape index (κ2) is 5.48. The van der Waals surface area contributed by atoms with Gasteiger partial charge in [0.1, 0.15) is 11.9 Å². The first-order valence-electron chi connectivity index (χ1n) is 5.95. The normalized spacial score (nSPS) is 12.1. The monoisotopic (exact) mass is 240 g/mol. The first-order valence-corrected chi connectivity index (χ1v) is 5.95. The zero-order valence-electron chi connectivity index (χ0n) is 10.6. The van der Waals surface area contributed by atoms with Gasteiger partial charge in [-0.2, -0.15) is 5.26 Å². The summed E-state index contributed by atoms with van der Waals surface area (Å²) in [5.74, 6) is 0.651. The standard InChI is InChI=1S/C14H16N4/c1-10(16-2)9-17-14-12(8-15)7-11-5-3-4-6-13(11)18-14/h3-7,10,16H,9H2,1-2H3,(H,17,18). The van der Waals surface area contributed by atoms with Crippen LogP contribution in [0.3, 0.4) is 0 Å². The number of likely N-dealkylation sites (N-methyl/N-ethyl adjacent to an activating group) is 1. The molecule has 0 amide bonds. The van der Waals surface area contributed by atoms with Gasteiger partial charge in [0.15, 0.2) is 0 Å². The van der Waals surface area contributed by atoms with Crippen molar-refractivity contribution in [1.82, 2.24) is 10.3 Å². The summed E-state index contributed by atoms with van der Waals surface area (Å²) in [5.41, 5.74) is 1.48. The van der Waals surface area contributed by atoms with Crippen LogP contribution in [-0.2, 0) is 0 Å². The van der Waals surface area contributed by atoms with E-state index in [1.165, 1.54) is 0 Å².